The lowest BCUT2D eigenvalue weighted by molar-refractivity contribution is 0.112. The minimum Gasteiger partial charge on any atom is -0.492 e. The second-order valence-corrected chi connectivity index (χ2v) is 5.67. The lowest BCUT2D eigenvalue weighted by Gasteiger charge is -2.08. The molecular formula is C17H14BrNO2. The van der Waals surface area contributed by atoms with Gasteiger partial charge in [0.25, 0.3) is 0 Å². The Kier molecular flexibility index (Phi) is 4.06. The van der Waals surface area contributed by atoms with E-state index in [9.17, 15) is 4.79 Å². The molecule has 3 rings (SSSR count). The fourth-order valence-electron chi connectivity index (χ4n) is 2.31. The Hall–Kier alpha value is -2.07. The number of hydrogen-bond donors (Lipinski definition) is 0. The van der Waals surface area contributed by atoms with Gasteiger partial charge in [0.15, 0.2) is 0 Å². The van der Waals surface area contributed by atoms with Crippen molar-refractivity contribution < 1.29 is 9.53 Å². The quantitative estimate of drug-likeness (QED) is 0.647. The van der Waals surface area contributed by atoms with Gasteiger partial charge in [-0.05, 0) is 42.5 Å². The SMILES string of the molecule is O=Cc1ccc2c(ccn2CCOc2cccc(Br)c2)c1. The molecule has 3 aromatic rings. The van der Waals surface area contributed by atoms with Gasteiger partial charge in [-0.1, -0.05) is 22.0 Å². The normalized spacial score (nSPS) is 10.7. The number of nitrogens with zero attached hydrogens (tertiary/aromatic N) is 1. The third kappa shape index (κ3) is 3.16. The van der Waals surface area contributed by atoms with Crippen molar-refractivity contribution in [3.05, 3.63) is 64.8 Å². The average molecular weight is 344 g/mol. The lowest BCUT2D eigenvalue weighted by atomic mass is 10.2. The Morgan fingerprint density at radius 3 is 2.86 bits per heavy atom. The van der Waals surface area contributed by atoms with Gasteiger partial charge in [-0.3, -0.25) is 4.79 Å². The van der Waals surface area contributed by atoms with Gasteiger partial charge in [-0.15, -0.1) is 0 Å². The molecule has 0 fully saturated rings. The van der Waals surface area contributed by atoms with E-state index >= 15 is 0 Å². The Morgan fingerprint density at radius 2 is 2.05 bits per heavy atom. The first-order chi connectivity index (χ1) is 10.3. The van der Waals surface area contributed by atoms with E-state index in [1.165, 1.54) is 0 Å². The fourth-order valence-corrected chi connectivity index (χ4v) is 2.68. The highest BCUT2D eigenvalue weighted by Gasteiger charge is 2.02. The van der Waals surface area contributed by atoms with E-state index in [1.54, 1.807) is 0 Å². The summed E-state index contributed by atoms with van der Waals surface area (Å²) in [7, 11) is 0. The summed E-state index contributed by atoms with van der Waals surface area (Å²) in [5, 5.41) is 1.07. The number of aromatic nitrogens is 1. The highest BCUT2D eigenvalue weighted by molar-refractivity contribution is 9.10. The van der Waals surface area contributed by atoms with E-state index in [0.717, 1.165) is 34.0 Å². The number of fused-ring (bicyclic) bond motifs is 1. The van der Waals surface area contributed by atoms with Crippen LogP contribution in [0, 0.1) is 0 Å². The zero-order valence-corrected chi connectivity index (χ0v) is 12.9. The maximum atomic E-state index is 10.8. The first-order valence-corrected chi connectivity index (χ1v) is 7.48. The summed E-state index contributed by atoms with van der Waals surface area (Å²) < 4.78 is 8.88. The molecule has 0 unspecified atom stereocenters. The van der Waals surface area contributed by atoms with Crippen molar-refractivity contribution in [2.75, 3.05) is 6.61 Å². The van der Waals surface area contributed by atoms with Crippen molar-refractivity contribution in [3.8, 4) is 5.75 Å². The number of carbonyl (C=O) groups excluding carboxylic acids is 1. The molecule has 0 saturated carbocycles. The van der Waals surface area contributed by atoms with Gasteiger partial charge in [0.2, 0.25) is 0 Å². The molecule has 3 nitrogen and oxygen atoms in total. The topological polar surface area (TPSA) is 31.2 Å². The minimum absolute atomic E-state index is 0.593. The van der Waals surface area contributed by atoms with Gasteiger partial charge in [0.1, 0.15) is 18.6 Å². The Bertz CT molecular complexity index is 779. The zero-order chi connectivity index (χ0) is 14.7. The van der Waals surface area contributed by atoms with E-state index in [2.05, 4.69) is 20.5 Å². The number of rotatable bonds is 5. The summed E-state index contributed by atoms with van der Waals surface area (Å²) in [6.07, 6.45) is 2.89. The molecule has 0 bridgehead atoms. The Morgan fingerprint density at radius 1 is 1.14 bits per heavy atom. The summed E-state index contributed by atoms with van der Waals surface area (Å²) in [5.41, 5.74) is 1.81. The van der Waals surface area contributed by atoms with Gasteiger partial charge in [-0.2, -0.15) is 0 Å². The van der Waals surface area contributed by atoms with Gasteiger partial charge < -0.3 is 9.30 Å². The summed E-state index contributed by atoms with van der Waals surface area (Å²) in [6.45, 7) is 1.35. The number of benzene rings is 2. The molecule has 0 aliphatic heterocycles. The highest BCUT2D eigenvalue weighted by Crippen LogP contribution is 2.19. The van der Waals surface area contributed by atoms with E-state index < -0.39 is 0 Å². The number of ether oxygens (including phenoxy) is 1. The molecule has 0 amide bonds. The molecular weight excluding hydrogens is 330 g/mol. The number of hydrogen-bond acceptors (Lipinski definition) is 2. The van der Waals surface area contributed by atoms with Crippen LogP contribution in [0.25, 0.3) is 10.9 Å². The summed E-state index contributed by atoms with van der Waals surface area (Å²) >= 11 is 3.43. The van der Waals surface area contributed by atoms with Crippen molar-refractivity contribution in [2.45, 2.75) is 6.54 Å². The molecule has 2 aromatic carbocycles. The van der Waals surface area contributed by atoms with Crippen molar-refractivity contribution in [3.63, 3.8) is 0 Å². The standard InChI is InChI=1S/C17H14BrNO2/c18-15-2-1-3-16(11-15)21-9-8-19-7-6-14-10-13(12-20)4-5-17(14)19/h1-7,10-12H,8-9H2. The molecule has 0 saturated heterocycles. The van der Waals surface area contributed by atoms with E-state index in [4.69, 9.17) is 4.74 Å². The van der Waals surface area contributed by atoms with Crippen LogP contribution >= 0.6 is 15.9 Å². The Labute approximate surface area is 131 Å². The van der Waals surface area contributed by atoms with E-state index in [0.29, 0.717) is 12.2 Å². The zero-order valence-electron chi connectivity index (χ0n) is 11.3. The van der Waals surface area contributed by atoms with Crippen LogP contribution in [0.5, 0.6) is 5.75 Å². The fraction of sp³-hybridized carbons (Fsp3) is 0.118. The molecule has 0 atom stereocenters. The average Bonchev–Trinajstić information content (AvgIpc) is 2.90. The maximum absolute atomic E-state index is 10.8. The Balaban J connectivity index is 1.69. The molecule has 0 spiro atoms. The van der Waals surface area contributed by atoms with E-state index in [1.807, 2.05) is 54.7 Å². The third-order valence-corrected chi connectivity index (χ3v) is 3.82. The molecule has 106 valence electrons. The number of halogens is 1. The highest BCUT2D eigenvalue weighted by atomic mass is 79.9. The summed E-state index contributed by atoms with van der Waals surface area (Å²) in [4.78, 5) is 10.8. The van der Waals surface area contributed by atoms with Crippen LogP contribution in [0.3, 0.4) is 0 Å². The predicted molar refractivity (Wildman–Crippen MR) is 87.0 cm³/mol. The van der Waals surface area contributed by atoms with Crippen molar-refractivity contribution in [1.29, 1.82) is 0 Å². The van der Waals surface area contributed by atoms with Crippen LogP contribution in [0.1, 0.15) is 10.4 Å². The van der Waals surface area contributed by atoms with Crippen molar-refractivity contribution in [1.82, 2.24) is 4.57 Å². The van der Waals surface area contributed by atoms with Crippen LogP contribution in [-0.4, -0.2) is 17.5 Å². The van der Waals surface area contributed by atoms with Crippen LogP contribution in [0.15, 0.2) is 59.2 Å². The maximum Gasteiger partial charge on any atom is 0.150 e. The molecule has 1 heterocycles. The summed E-state index contributed by atoms with van der Waals surface area (Å²) in [5.74, 6) is 0.851. The van der Waals surface area contributed by atoms with Crippen molar-refractivity contribution >= 4 is 33.1 Å². The predicted octanol–water partition coefficient (Wildman–Crippen LogP) is 4.30. The van der Waals surface area contributed by atoms with E-state index in [-0.39, 0.29) is 0 Å². The van der Waals surface area contributed by atoms with Crippen LogP contribution in [0.4, 0.5) is 0 Å². The molecule has 0 radical (unpaired) electrons. The first kappa shape index (κ1) is 13.9. The molecule has 1 aromatic heterocycles. The summed E-state index contributed by atoms with van der Waals surface area (Å²) in [6, 6.07) is 15.5. The smallest absolute Gasteiger partial charge is 0.150 e. The molecule has 4 heteroatoms. The molecule has 0 N–H and O–H groups in total. The number of carbonyl (C=O) groups is 1. The molecule has 0 aliphatic carbocycles. The van der Waals surface area contributed by atoms with Gasteiger partial charge in [-0.25, -0.2) is 0 Å². The number of aldehydes is 1. The molecule has 21 heavy (non-hydrogen) atoms. The van der Waals surface area contributed by atoms with Crippen molar-refractivity contribution in [2.24, 2.45) is 0 Å². The first-order valence-electron chi connectivity index (χ1n) is 6.69. The minimum atomic E-state index is 0.593. The van der Waals surface area contributed by atoms with Crippen LogP contribution in [0.2, 0.25) is 0 Å². The largest absolute Gasteiger partial charge is 0.492 e. The lowest BCUT2D eigenvalue weighted by Crippen LogP contribution is -2.07. The monoisotopic (exact) mass is 343 g/mol. The second-order valence-electron chi connectivity index (χ2n) is 4.75. The van der Waals surface area contributed by atoms with Gasteiger partial charge >= 0.3 is 0 Å². The van der Waals surface area contributed by atoms with Gasteiger partial charge in [0, 0.05) is 27.1 Å². The third-order valence-electron chi connectivity index (χ3n) is 3.33. The van der Waals surface area contributed by atoms with Crippen LogP contribution in [-0.2, 0) is 6.54 Å². The molecule has 0 aliphatic rings. The second kappa shape index (κ2) is 6.14. The van der Waals surface area contributed by atoms with Crippen LogP contribution < -0.4 is 4.74 Å². The van der Waals surface area contributed by atoms with Gasteiger partial charge in [0.05, 0.1) is 6.54 Å².